The van der Waals surface area contributed by atoms with Gasteiger partial charge in [-0.1, -0.05) is 11.6 Å². The molecule has 0 aliphatic heterocycles. The Hall–Kier alpha value is -3.77. The lowest BCUT2D eigenvalue weighted by Crippen LogP contribution is -2.17. The van der Waals surface area contributed by atoms with E-state index < -0.39 is 0 Å². The molecule has 0 unspecified atom stereocenters. The zero-order valence-corrected chi connectivity index (χ0v) is 17.6. The first-order valence-electron chi connectivity index (χ1n) is 9.62. The van der Waals surface area contributed by atoms with Crippen LogP contribution >= 0.6 is 11.6 Å². The minimum atomic E-state index is -0.275. The number of fused-ring (bicyclic) bond motifs is 3. The van der Waals surface area contributed by atoms with Gasteiger partial charge in [0.15, 0.2) is 5.65 Å². The van der Waals surface area contributed by atoms with E-state index in [1.807, 2.05) is 54.6 Å². The molecular weight excluding hydrogens is 414 g/mol. The topological polar surface area (TPSA) is 68.6 Å². The highest BCUT2D eigenvalue weighted by Crippen LogP contribution is 2.35. The molecule has 0 atom stereocenters. The van der Waals surface area contributed by atoms with Crippen molar-refractivity contribution < 1.29 is 9.47 Å². The fourth-order valence-corrected chi connectivity index (χ4v) is 3.92. The molecular formula is C24H18ClN3O3. The van der Waals surface area contributed by atoms with Crippen LogP contribution in [0.4, 0.5) is 0 Å². The summed E-state index contributed by atoms with van der Waals surface area (Å²) < 4.78 is 12.2. The number of nitrogens with zero attached hydrogens (tertiary/aromatic N) is 2. The van der Waals surface area contributed by atoms with Crippen LogP contribution in [0.2, 0.25) is 5.02 Å². The van der Waals surface area contributed by atoms with E-state index >= 15 is 0 Å². The number of hydrogen-bond acceptors (Lipinski definition) is 4. The molecule has 0 fully saturated rings. The van der Waals surface area contributed by atoms with E-state index in [1.165, 1.54) is 0 Å². The summed E-state index contributed by atoms with van der Waals surface area (Å²) in [5.41, 5.74) is 4.02. The van der Waals surface area contributed by atoms with Crippen LogP contribution < -0.4 is 15.2 Å². The van der Waals surface area contributed by atoms with Crippen molar-refractivity contribution >= 4 is 28.2 Å². The zero-order chi connectivity index (χ0) is 21.5. The summed E-state index contributed by atoms with van der Waals surface area (Å²) in [6.07, 6.45) is 0. The predicted octanol–water partition coefficient (Wildman–Crippen LogP) is 5.18. The highest BCUT2D eigenvalue weighted by molar-refractivity contribution is 6.31. The number of imidazole rings is 1. The maximum atomic E-state index is 13.1. The van der Waals surface area contributed by atoms with Crippen molar-refractivity contribution in [2.45, 2.75) is 0 Å². The number of methoxy groups -OCH3 is 2. The van der Waals surface area contributed by atoms with Gasteiger partial charge in [0.25, 0.3) is 0 Å². The second-order valence-corrected chi connectivity index (χ2v) is 7.48. The fraction of sp³-hybridized carbons (Fsp3) is 0.0833. The molecule has 31 heavy (non-hydrogen) atoms. The summed E-state index contributed by atoms with van der Waals surface area (Å²) in [6.45, 7) is 0. The van der Waals surface area contributed by atoms with Crippen LogP contribution in [0.5, 0.6) is 11.5 Å². The van der Waals surface area contributed by atoms with E-state index in [0.717, 1.165) is 28.0 Å². The van der Waals surface area contributed by atoms with Crippen LogP contribution in [0, 0.1) is 0 Å². The number of hydrogen-bond donors (Lipinski definition) is 1. The number of benzene rings is 3. The van der Waals surface area contributed by atoms with Crippen molar-refractivity contribution in [1.82, 2.24) is 14.4 Å². The lowest BCUT2D eigenvalue weighted by atomic mass is 10.0. The van der Waals surface area contributed by atoms with Gasteiger partial charge in [-0.15, -0.1) is 0 Å². The Bertz CT molecular complexity index is 1470. The highest BCUT2D eigenvalue weighted by atomic mass is 35.5. The molecule has 2 aromatic heterocycles. The van der Waals surface area contributed by atoms with E-state index in [9.17, 15) is 4.79 Å². The molecule has 0 aliphatic rings. The van der Waals surface area contributed by atoms with E-state index in [0.29, 0.717) is 27.6 Å². The Kier molecular flexibility index (Phi) is 4.64. The number of H-pyrrole nitrogens is 1. The number of rotatable bonds is 4. The minimum absolute atomic E-state index is 0.275. The highest BCUT2D eigenvalue weighted by Gasteiger charge is 2.20. The van der Waals surface area contributed by atoms with Crippen LogP contribution in [0.3, 0.4) is 0 Å². The summed E-state index contributed by atoms with van der Waals surface area (Å²) in [5, 5.41) is 1.34. The average Bonchev–Trinajstić information content (AvgIpc) is 3.21. The van der Waals surface area contributed by atoms with Crippen molar-refractivity contribution in [3.05, 3.63) is 82.2 Å². The van der Waals surface area contributed by atoms with Gasteiger partial charge < -0.3 is 14.5 Å². The molecule has 7 heteroatoms. The molecule has 2 heterocycles. The van der Waals surface area contributed by atoms with E-state index in [2.05, 4.69) is 4.98 Å². The van der Waals surface area contributed by atoms with Crippen molar-refractivity contribution in [3.63, 3.8) is 0 Å². The molecule has 1 N–H and O–H groups in total. The first-order valence-corrected chi connectivity index (χ1v) is 9.99. The number of aromatic amines is 1. The van der Waals surface area contributed by atoms with Crippen molar-refractivity contribution in [1.29, 1.82) is 0 Å². The minimum Gasteiger partial charge on any atom is -0.497 e. The number of nitrogens with one attached hydrogen (secondary N) is 1. The van der Waals surface area contributed by atoms with Gasteiger partial charge in [0, 0.05) is 21.5 Å². The Morgan fingerprint density at radius 2 is 1.48 bits per heavy atom. The number of aromatic nitrogens is 3. The summed E-state index contributed by atoms with van der Waals surface area (Å²) in [5.74, 6) is 1.48. The quantitative estimate of drug-likeness (QED) is 0.425. The molecule has 0 saturated heterocycles. The van der Waals surface area contributed by atoms with E-state index in [-0.39, 0.29) is 5.69 Å². The van der Waals surface area contributed by atoms with Crippen molar-refractivity contribution in [2.24, 2.45) is 0 Å². The van der Waals surface area contributed by atoms with Gasteiger partial charge in [0.2, 0.25) is 0 Å². The van der Waals surface area contributed by atoms with Gasteiger partial charge in [-0.2, -0.15) is 0 Å². The maximum Gasteiger partial charge on any atom is 0.332 e. The molecule has 0 saturated carbocycles. The van der Waals surface area contributed by atoms with E-state index in [1.54, 1.807) is 30.8 Å². The molecule has 5 aromatic rings. The third kappa shape index (κ3) is 3.21. The van der Waals surface area contributed by atoms with Gasteiger partial charge in [0.1, 0.15) is 11.5 Å². The molecule has 6 nitrogen and oxygen atoms in total. The SMILES string of the molecule is COc1ccc(-c2nc3c4cc(Cl)ccc4[nH]c(=O)n3c2-c2ccc(OC)cc2)cc1. The molecule has 3 aromatic carbocycles. The van der Waals surface area contributed by atoms with Gasteiger partial charge in [-0.3, -0.25) is 0 Å². The standard InChI is InChI=1S/C24H18ClN3O3/c1-30-17-8-3-14(4-9-17)21-22(15-5-10-18(31-2)11-6-15)28-23(27-21)19-13-16(25)7-12-20(19)26-24(28)29/h3-13H,1-2H3,(H,26,29). The molecule has 0 radical (unpaired) electrons. The summed E-state index contributed by atoms with van der Waals surface area (Å²) in [7, 11) is 3.24. The Morgan fingerprint density at radius 3 is 2.10 bits per heavy atom. The van der Waals surface area contributed by atoms with Crippen LogP contribution in [0.15, 0.2) is 71.5 Å². The Morgan fingerprint density at radius 1 is 0.871 bits per heavy atom. The van der Waals surface area contributed by atoms with Crippen LogP contribution in [0.1, 0.15) is 0 Å². The van der Waals surface area contributed by atoms with E-state index in [4.69, 9.17) is 26.1 Å². The second-order valence-electron chi connectivity index (χ2n) is 7.05. The fourth-order valence-electron chi connectivity index (χ4n) is 3.75. The summed E-state index contributed by atoms with van der Waals surface area (Å²) in [4.78, 5) is 21.0. The molecule has 0 aliphatic carbocycles. The first-order chi connectivity index (χ1) is 15.1. The summed E-state index contributed by atoms with van der Waals surface area (Å²) >= 11 is 6.25. The molecule has 0 bridgehead atoms. The van der Waals surface area contributed by atoms with Gasteiger partial charge >= 0.3 is 5.69 Å². The lowest BCUT2D eigenvalue weighted by molar-refractivity contribution is 0.414. The van der Waals surface area contributed by atoms with Crippen molar-refractivity contribution in [3.8, 4) is 34.0 Å². The van der Waals surface area contributed by atoms with Gasteiger partial charge in [-0.05, 0) is 66.7 Å². The molecule has 5 rings (SSSR count). The third-order valence-electron chi connectivity index (χ3n) is 5.27. The molecule has 0 spiro atoms. The van der Waals surface area contributed by atoms with Crippen LogP contribution in [0.25, 0.3) is 39.1 Å². The van der Waals surface area contributed by atoms with Crippen LogP contribution in [-0.2, 0) is 0 Å². The number of halogens is 1. The lowest BCUT2D eigenvalue weighted by Gasteiger charge is -2.08. The first kappa shape index (κ1) is 19.2. The van der Waals surface area contributed by atoms with Gasteiger partial charge in [0.05, 0.1) is 31.1 Å². The van der Waals surface area contributed by atoms with Gasteiger partial charge in [-0.25, -0.2) is 14.2 Å². The Labute approximate surface area is 182 Å². The zero-order valence-electron chi connectivity index (χ0n) is 16.8. The largest absolute Gasteiger partial charge is 0.497 e. The number of ether oxygens (including phenoxy) is 2. The van der Waals surface area contributed by atoms with Crippen LogP contribution in [-0.4, -0.2) is 28.6 Å². The monoisotopic (exact) mass is 431 g/mol. The summed E-state index contributed by atoms with van der Waals surface area (Å²) in [6, 6.07) is 20.5. The molecule has 154 valence electrons. The average molecular weight is 432 g/mol. The second kappa shape index (κ2) is 7.49. The molecule has 0 amide bonds. The third-order valence-corrected chi connectivity index (χ3v) is 5.51. The van der Waals surface area contributed by atoms with Crippen molar-refractivity contribution in [2.75, 3.05) is 14.2 Å². The Balaban J connectivity index is 1.89. The normalized spacial score (nSPS) is 11.2. The predicted molar refractivity (Wildman–Crippen MR) is 122 cm³/mol. The smallest absolute Gasteiger partial charge is 0.332 e. The maximum absolute atomic E-state index is 13.1.